The van der Waals surface area contributed by atoms with Crippen LogP contribution >= 0.6 is 0 Å². The standard InChI is InChI=1S/C16H30N2O3/c1-6-16(7-2,8-3)17-14(21)18-11-9-10-15(4,5)12(18)13(19)20/h12H,6-11H2,1-5H3,(H,17,21)(H,19,20). The van der Waals surface area contributed by atoms with Crippen LogP contribution in [0.15, 0.2) is 0 Å². The maximum absolute atomic E-state index is 12.6. The van der Waals surface area contributed by atoms with Crippen LogP contribution in [-0.4, -0.2) is 40.1 Å². The Balaban J connectivity index is 2.96. The van der Waals surface area contributed by atoms with Gasteiger partial charge in [-0.15, -0.1) is 0 Å². The molecule has 1 unspecified atom stereocenters. The number of amides is 2. The van der Waals surface area contributed by atoms with Crippen molar-refractivity contribution in [2.24, 2.45) is 5.41 Å². The van der Waals surface area contributed by atoms with Crippen LogP contribution in [0.2, 0.25) is 0 Å². The lowest BCUT2D eigenvalue weighted by molar-refractivity contribution is -0.148. The van der Waals surface area contributed by atoms with E-state index in [9.17, 15) is 14.7 Å². The highest BCUT2D eigenvalue weighted by Gasteiger charge is 2.45. The van der Waals surface area contributed by atoms with Gasteiger partial charge in [-0.05, 0) is 37.5 Å². The lowest BCUT2D eigenvalue weighted by Gasteiger charge is -2.45. The van der Waals surface area contributed by atoms with E-state index in [1.54, 1.807) is 0 Å². The average molecular weight is 298 g/mol. The topological polar surface area (TPSA) is 69.6 Å². The van der Waals surface area contributed by atoms with E-state index in [1.165, 1.54) is 4.90 Å². The summed E-state index contributed by atoms with van der Waals surface area (Å²) in [5, 5.41) is 12.6. The molecular formula is C16H30N2O3. The summed E-state index contributed by atoms with van der Waals surface area (Å²) in [7, 11) is 0. The Morgan fingerprint density at radius 2 is 1.76 bits per heavy atom. The van der Waals surface area contributed by atoms with Gasteiger partial charge in [0.05, 0.1) is 0 Å². The molecule has 2 N–H and O–H groups in total. The lowest BCUT2D eigenvalue weighted by Crippen LogP contribution is -2.61. The number of piperidine rings is 1. The van der Waals surface area contributed by atoms with Crippen LogP contribution in [0.25, 0.3) is 0 Å². The molecule has 1 aliphatic heterocycles. The molecular weight excluding hydrogens is 268 g/mol. The fourth-order valence-electron chi connectivity index (χ4n) is 3.39. The number of urea groups is 1. The van der Waals surface area contributed by atoms with Crippen molar-refractivity contribution in [3.8, 4) is 0 Å². The number of carbonyl (C=O) groups excluding carboxylic acids is 1. The Labute approximate surface area is 128 Å². The SMILES string of the molecule is CCC(CC)(CC)NC(=O)N1CCCC(C)(C)C1C(=O)O. The average Bonchev–Trinajstić information content (AvgIpc) is 2.43. The van der Waals surface area contributed by atoms with E-state index in [0.717, 1.165) is 32.1 Å². The second kappa shape index (κ2) is 6.67. The molecule has 0 spiro atoms. The number of rotatable bonds is 5. The van der Waals surface area contributed by atoms with Gasteiger partial charge in [0.2, 0.25) is 0 Å². The zero-order valence-corrected chi connectivity index (χ0v) is 14.0. The van der Waals surface area contributed by atoms with Gasteiger partial charge in [-0.25, -0.2) is 9.59 Å². The van der Waals surface area contributed by atoms with Crippen molar-refractivity contribution in [1.29, 1.82) is 0 Å². The molecule has 1 saturated heterocycles. The van der Waals surface area contributed by atoms with E-state index in [4.69, 9.17) is 0 Å². The predicted molar refractivity (Wildman–Crippen MR) is 83.3 cm³/mol. The van der Waals surface area contributed by atoms with Gasteiger partial charge in [0.25, 0.3) is 0 Å². The maximum atomic E-state index is 12.6. The first-order valence-corrected chi connectivity index (χ1v) is 8.04. The molecule has 5 heteroatoms. The van der Waals surface area contributed by atoms with Crippen molar-refractivity contribution in [1.82, 2.24) is 10.2 Å². The largest absolute Gasteiger partial charge is 0.480 e. The summed E-state index contributed by atoms with van der Waals surface area (Å²) in [6, 6.07) is -0.991. The Kier molecular flexibility index (Phi) is 5.65. The molecule has 0 bridgehead atoms. The van der Waals surface area contributed by atoms with Crippen molar-refractivity contribution >= 4 is 12.0 Å². The second-order valence-corrected chi connectivity index (χ2v) is 6.80. The Hall–Kier alpha value is -1.26. The Bertz CT molecular complexity index is 381. The minimum Gasteiger partial charge on any atom is -0.480 e. The van der Waals surface area contributed by atoms with Crippen LogP contribution in [-0.2, 0) is 4.79 Å². The van der Waals surface area contributed by atoms with Gasteiger partial charge in [-0.3, -0.25) is 0 Å². The third-order valence-electron chi connectivity index (χ3n) is 5.17. The van der Waals surface area contributed by atoms with Gasteiger partial charge in [0, 0.05) is 12.1 Å². The number of hydrogen-bond donors (Lipinski definition) is 2. The van der Waals surface area contributed by atoms with Crippen molar-refractivity contribution in [3.05, 3.63) is 0 Å². The van der Waals surface area contributed by atoms with E-state index >= 15 is 0 Å². The molecule has 0 aromatic heterocycles. The molecule has 5 nitrogen and oxygen atoms in total. The number of carbonyl (C=O) groups is 2. The molecule has 0 aromatic rings. The van der Waals surface area contributed by atoms with E-state index < -0.39 is 17.4 Å². The first-order valence-electron chi connectivity index (χ1n) is 8.04. The summed E-state index contributed by atoms with van der Waals surface area (Å²) in [6.45, 7) is 10.5. The van der Waals surface area contributed by atoms with Gasteiger partial charge in [-0.2, -0.15) is 0 Å². The number of hydrogen-bond acceptors (Lipinski definition) is 2. The van der Waals surface area contributed by atoms with Gasteiger partial charge in [0.15, 0.2) is 0 Å². The Morgan fingerprint density at radius 3 is 2.19 bits per heavy atom. The molecule has 1 atom stereocenters. The number of carboxylic acids is 1. The van der Waals surface area contributed by atoms with Crippen LogP contribution in [0.1, 0.15) is 66.7 Å². The molecule has 122 valence electrons. The van der Waals surface area contributed by atoms with E-state index in [0.29, 0.717) is 6.54 Å². The number of nitrogens with one attached hydrogen (secondary N) is 1. The monoisotopic (exact) mass is 298 g/mol. The fourth-order valence-corrected chi connectivity index (χ4v) is 3.39. The fraction of sp³-hybridized carbons (Fsp3) is 0.875. The molecule has 1 heterocycles. The molecule has 1 fully saturated rings. The Morgan fingerprint density at radius 1 is 1.24 bits per heavy atom. The van der Waals surface area contributed by atoms with Crippen LogP contribution in [0.5, 0.6) is 0 Å². The van der Waals surface area contributed by atoms with Crippen LogP contribution in [0.4, 0.5) is 4.79 Å². The molecule has 0 radical (unpaired) electrons. The van der Waals surface area contributed by atoms with Crippen molar-refractivity contribution < 1.29 is 14.7 Å². The minimum absolute atomic E-state index is 0.234. The highest BCUT2D eigenvalue weighted by atomic mass is 16.4. The quantitative estimate of drug-likeness (QED) is 0.818. The third-order valence-corrected chi connectivity index (χ3v) is 5.17. The molecule has 1 rings (SSSR count). The molecule has 21 heavy (non-hydrogen) atoms. The smallest absolute Gasteiger partial charge is 0.327 e. The minimum atomic E-state index is -0.912. The molecule has 2 amide bonds. The highest BCUT2D eigenvalue weighted by Crippen LogP contribution is 2.35. The highest BCUT2D eigenvalue weighted by molar-refractivity contribution is 5.84. The van der Waals surface area contributed by atoms with Crippen LogP contribution in [0.3, 0.4) is 0 Å². The summed E-state index contributed by atoms with van der Waals surface area (Å²) in [5.41, 5.74) is -0.629. The number of nitrogens with zero attached hydrogens (tertiary/aromatic N) is 1. The zero-order chi connectivity index (χ0) is 16.3. The number of carboxylic acid groups (broad SMARTS) is 1. The van der Waals surface area contributed by atoms with Gasteiger partial charge in [0.1, 0.15) is 6.04 Å². The predicted octanol–water partition coefficient (Wildman–Crippen LogP) is 3.24. The second-order valence-electron chi connectivity index (χ2n) is 6.80. The summed E-state index contributed by atoms with van der Waals surface area (Å²) in [6.07, 6.45) is 4.22. The van der Waals surface area contributed by atoms with Crippen LogP contribution in [0, 0.1) is 5.41 Å². The lowest BCUT2D eigenvalue weighted by atomic mass is 9.76. The molecule has 1 aliphatic rings. The normalized spacial score (nSPS) is 22.0. The number of aliphatic carboxylic acids is 1. The number of likely N-dealkylation sites (tertiary alicyclic amines) is 1. The zero-order valence-electron chi connectivity index (χ0n) is 14.0. The summed E-state index contributed by atoms with van der Waals surface area (Å²) >= 11 is 0. The summed E-state index contributed by atoms with van der Waals surface area (Å²) < 4.78 is 0. The molecule has 0 saturated carbocycles. The maximum Gasteiger partial charge on any atom is 0.327 e. The van der Waals surface area contributed by atoms with E-state index in [-0.39, 0.29) is 11.6 Å². The van der Waals surface area contributed by atoms with Crippen molar-refractivity contribution in [2.45, 2.75) is 78.3 Å². The van der Waals surface area contributed by atoms with Crippen LogP contribution < -0.4 is 5.32 Å². The van der Waals surface area contributed by atoms with Gasteiger partial charge in [-0.1, -0.05) is 34.6 Å². The summed E-state index contributed by atoms with van der Waals surface area (Å²) in [5.74, 6) is -0.912. The molecule has 0 aliphatic carbocycles. The van der Waals surface area contributed by atoms with Gasteiger partial charge >= 0.3 is 12.0 Å². The molecule has 0 aromatic carbocycles. The first-order chi connectivity index (χ1) is 9.73. The third kappa shape index (κ3) is 3.69. The van der Waals surface area contributed by atoms with E-state index in [2.05, 4.69) is 26.1 Å². The first kappa shape index (κ1) is 17.8. The van der Waals surface area contributed by atoms with E-state index in [1.807, 2.05) is 13.8 Å². The van der Waals surface area contributed by atoms with Crippen molar-refractivity contribution in [2.75, 3.05) is 6.54 Å². The summed E-state index contributed by atoms with van der Waals surface area (Å²) in [4.78, 5) is 25.8. The van der Waals surface area contributed by atoms with Crippen molar-refractivity contribution in [3.63, 3.8) is 0 Å². The van der Waals surface area contributed by atoms with Gasteiger partial charge < -0.3 is 15.3 Å².